The van der Waals surface area contributed by atoms with Gasteiger partial charge in [-0.15, -0.1) is 0 Å². The van der Waals surface area contributed by atoms with Gasteiger partial charge in [0, 0.05) is 3.57 Å². The Hall–Kier alpha value is -0.563. The van der Waals surface area contributed by atoms with Gasteiger partial charge in [0.25, 0.3) is 8.32 Å². The van der Waals surface area contributed by atoms with Crippen LogP contribution in [0.3, 0.4) is 0 Å². The fourth-order valence-corrected chi connectivity index (χ4v) is 2.81. The number of benzene rings is 1. The molecule has 0 radical (unpaired) electrons. The normalized spacial score (nSPS) is 12.2. The smallest absolute Gasteiger partial charge is 0.341 e. The van der Waals surface area contributed by atoms with Crippen molar-refractivity contribution in [2.24, 2.45) is 0 Å². The van der Waals surface area contributed by atoms with Crippen molar-refractivity contribution in [3.8, 4) is 5.75 Å². The first-order valence-electron chi connectivity index (χ1n) is 6.15. The molecule has 0 aliphatic rings. The largest absolute Gasteiger partial charge is 0.543 e. The molecule has 0 amide bonds. The van der Waals surface area contributed by atoms with Crippen LogP contribution in [0, 0.1) is 3.57 Å². The SMILES string of the molecule is COC(=O)c1cc(I)ccc1O[Si](C)(C)C(C)(C)C. The standard InChI is InChI=1S/C14H21IO3Si/c1-14(2,3)19(5,6)18-12-8-7-10(15)9-11(12)13(16)17-4/h7-9H,1-6H3. The van der Waals surface area contributed by atoms with Crippen LogP contribution in [0.25, 0.3) is 0 Å². The predicted molar refractivity (Wildman–Crippen MR) is 88.3 cm³/mol. The van der Waals surface area contributed by atoms with Gasteiger partial charge in [-0.25, -0.2) is 4.79 Å². The van der Waals surface area contributed by atoms with Gasteiger partial charge in [0.15, 0.2) is 0 Å². The van der Waals surface area contributed by atoms with E-state index in [2.05, 4.69) is 56.5 Å². The van der Waals surface area contributed by atoms with E-state index in [1.165, 1.54) is 7.11 Å². The van der Waals surface area contributed by atoms with Crippen LogP contribution in [0.4, 0.5) is 0 Å². The lowest BCUT2D eigenvalue weighted by molar-refractivity contribution is 0.0598. The fourth-order valence-electron chi connectivity index (χ4n) is 1.29. The molecule has 0 aliphatic heterocycles. The highest BCUT2D eigenvalue weighted by atomic mass is 127. The maximum atomic E-state index is 11.8. The van der Waals surface area contributed by atoms with Crippen LogP contribution in [0.15, 0.2) is 18.2 Å². The molecule has 5 heteroatoms. The van der Waals surface area contributed by atoms with E-state index in [1.807, 2.05) is 12.1 Å². The summed E-state index contributed by atoms with van der Waals surface area (Å²) in [5.74, 6) is 0.270. The summed E-state index contributed by atoms with van der Waals surface area (Å²) in [4.78, 5) is 11.8. The first-order chi connectivity index (χ1) is 8.58. The maximum absolute atomic E-state index is 11.8. The molecule has 106 valence electrons. The van der Waals surface area contributed by atoms with Gasteiger partial charge >= 0.3 is 5.97 Å². The quantitative estimate of drug-likeness (QED) is 0.433. The molecule has 1 aromatic carbocycles. The van der Waals surface area contributed by atoms with Crippen LogP contribution in [0.5, 0.6) is 5.75 Å². The Bertz CT molecular complexity index is 478. The van der Waals surface area contributed by atoms with Crippen molar-refractivity contribution >= 4 is 36.9 Å². The summed E-state index contributed by atoms with van der Waals surface area (Å²) in [7, 11) is -0.576. The molecule has 0 atom stereocenters. The third-order valence-corrected chi connectivity index (χ3v) is 8.53. The zero-order chi connectivity index (χ0) is 14.8. The van der Waals surface area contributed by atoms with Crippen LogP contribution in [0.2, 0.25) is 18.1 Å². The van der Waals surface area contributed by atoms with Crippen molar-refractivity contribution in [1.29, 1.82) is 0 Å². The molecule has 1 aromatic rings. The molecule has 0 heterocycles. The van der Waals surface area contributed by atoms with Crippen molar-refractivity contribution in [3.63, 3.8) is 0 Å². The number of halogens is 1. The molecule has 0 saturated heterocycles. The van der Waals surface area contributed by atoms with Crippen LogP contribution in [0.1, 0.15) is 31.1 Å². The Balaban J connectivity index is 3.18. The molecule has 0 aliphatic carbocycles. The van der Waals surface area contributed by atoms with E-state index in [0.717, 1.165) is 3.57 Å². The van der Waals surface area contributed by atoms with Crippen molar-refractivity contribution in [3.05, 3.63) is 27.3 Å². The summed E-state index contributed by atoms with van der Waals surface area (Å²) >= 11 is 2.17. The van der Waals surface area contributed by atoms with E-state index in [9.17, 15) is 4.79 Å². The van der Waals surface area contributed by atoms with Crippen molar-refractivity contribution in [1.82, 2.24) is 0 Å². The molecule has 0 N–H and O–H groups in total. The topological polar surface area (TPSA) is 35.5 Å². The lowest BCUT2D eigenvalue weighted by atomic mass is 10.2. The zero-order valence-electron chi connectivity index (χ0n) is 12.3. The highest BCUT2D eigenvalue weighted by Gasteiger charge is 2.39. The lowest BCUT2D eigenvalue weighted by Gasteiger charge is -2.36. The summed E-state index contributed by atoms with van der Waals surface area (Å²) in [5.41, 5.74) is 0.499. The second-order valence-electron chi connectivity index (χ2n) is 5.99. The second kappa shape index (κ2) is 5.83. The summed E-state index contributed by atoms with van der Waals surface area (Å²) in [6.07, 6.45) is 0. The van der Waals surface area contributed by atoms with Gasteiger partial charge in [-0.05, 0) is 58.9 Å². The fraction of sp³-hybridized carbons (Fsp3) is 0.500. The average molecular weight is 392 g/mol. The minimum atomic E-state index is -1.96. The summed E-state index contributed by atoms with van der Waals surface area (Å²) in [6, 6.07) is 5.60. The van der Waals surface area contributed by atoms with E-state index < -0.39 is 8.32 Å². The number of methoxy groups -OCH3 is 1. The highest BCUT2D eigenvalue weighted by molar-refractivity contribution is 14.1. The van der Waals surface area contributed by atoms with Crippen molar-refractivity contribution in [2.45, 2.75) is 38.9 Å². The number of esters is 1. The van der Waals surface area contributed by atoms with Gasteiger partial charge in [0.2, 0.25) is 0 Å². The Labute approximate surface area is 130 Å². The van der Waals surface area contributed by atoms with Crippen LogP contribution in [-0.2, 0) is 4.74 Å². The maximum Gasteiger partial charge on any atom is 0.341 e. The van der Waals surface area contributed by atoms with Gasteiger partial charge in [0.05, 0.1) is 7.11 Å². The molecule has 19 heavy (non-hydrogen) atoms. The van der Waals surface area contributed by atoms with Gasteiger partial charge in [-0.3, -0.25) is 0 Å². The minimum absolute atomic E-state index is 0.0867. The molecule has 3 nitrogen and oxygen atoms in total. The number of carbonyl (C=O) groups is 1. The summed E-state index contributed by atoms with van der Waals surface area (Å²) < 4.78 is 12.0. The Morgan fingerprint density at radius 1 is 1.26 bits per heavy atom. The van der Waals surface area contributed by atoms with Gasteiger partial charge in [0.1, 0.15) is 11.3 Å². The van der Waals surface area contributed by atoms with E-state index in [0.29, 0.717) is 11.3 Å². The second-order valence-corrected chi connectivity index (χ2v) is 12.0. The third kappa shape index (κ3) is 3.95. The molecular weight excluding hydrogens is 371 g/mol. The number of carbonyl (C=O) groups excluding carboxylic acids is 1. The van der Waals surface area contributed by atoms with Gasteiger partial charge in [-0.2, -0.15) is 0 Å². The molecule has 0 aromatic heterocycles. The first kappa shape index (κ1) is 16.5. The molecule has 0 spiro atoms. The van der Waals surface area contributed by atoms with Crippen LogP contribution < -0.4 is 4.43 Å². The molecule has 0 saturated carbocycles. The molecule has 1 rings (SSSR count). The van der Waals surface area contributed by atoms with Crippen LogP contribution in [-0.4, -0.2) is 21.4 Å². The molecule has 0 unspecified atom stereocenters. The van der Waals surface area contributed by atoms with E-state index in [1.54, 1.807) is 6.07 Å². The Morgan fingerprint density at radius 2 is 1.84 bits per heavy atom. The van der Waals surface area contributed by atoms with E-state index in [4.69, 9.17) is 9.16 Å². The first-order valence-corrected chi connectivity index (χ1v) is 10.1. The Kier molecular flexibility index (Phi) is 5.06. The number of rotatable bonds is 3. The predicted octanol–water partition coefficient (Wildman–Crippen LogP) is 4.46. The van der Waals surface area contributed by atoms with Crippen LogP contribution >= 0.6 is 22.6 Å². The zero-order valence-corrected chi connectivity index (χ0v) is 15.5. The highest BCUT2D eigenvalue weighted by Crippen LogP contribution is 2.38. The molecular formula is C14H21IO3Si. The summed E-state index contributed by atoms with van der Waals surface area (Å²) in [5, 5.41) is 0.0867. The van der Waals surface area contributed by atoms with Gasteiger partial charge in [-0.1, -0.05) is 20.8 Å². The molecule has 0 fully saturated rings. The van der Waals surface area contributed by atoms with E-state index in [-0.39, 0.29) is 11.0 Å². The third-order valence-electron chi connectivity index (χ3n) is 3.52. The number of hydrogen-bond donors (Lipinski definition) is 0. The van der Waals surface area contributed by atoms with Gasteiger partial charge < -0.3 is 9.16 Å². The van der Waals surface area contributed by atoms with Crippen molar-refractivity contribution in [2.75, 3.05) is 7.11 Å². The summed E-state index contributed by atoms with van der Waals surface area (Å²) in [6.45, 7) is 10.8. The average Bonchev–Trinajstić information content (AvgIpc) is 2.28. The monoisotopic (exact) mass is 392 g/mol. The Morgan fingerprint density at radius 3 is 2.32 bits per heavy atom. The number of hydrogen-bond acceptors (Lipinski definition) is 3. The van der Waals surface area contributed by atoms with E-state index >= 15 is 0 Å². The molecule has 0 bridgehead atoms. The lowest BCUT2D eigenvalue weighted by Crippen LogP contribution is -2.44. The minimum Gasteiger partial charge on any atom is -0.543 e. The van der Waals surface area contributed by atoms with Crippen molar-refractivity contribution < 1.29 is 14.0 Å². The number of ether oxygens (including phenoxy) is 1.